The molecule has 0 aliphatic heterocycles. The number of hydrogen-bond acceptors (Lipinski definition) is 5. The molecule has 0 bridgehead atoms. The van der Waals surface area contributed by atoms with Gasteiger partial charge in [0.05, 0.1) is 17.1 Å². The number of benzene rings is 2. The number of ketones is 1. The number of nitrogens with zero attached hydrogens (tertiary/aromatic N) is 4. The number of imidazole rings is 1. The largest absolute Gasteiger partial charge is 0.307 e. The Bertz CT molecular complexity index is 1560. The molecule has 0 fully saturated rings. The molecule has 2 aromatic carbocycles. The zero-order valence-electron chi connectivity index (χ0n) is 19.9. The van der Waals surface area contributed by atoms with Crippen LogP contribution in [0.4, 0.5) is 0 Å². The van der Waals surface area contributed by atoms with E-state index in [4.69, 9.17) is 5.10 Å². The van der Waals surface area contributed by atoms with Crippen molar-refractivity contribution < 1.29 is 4.79 Å². The highest BCUT2D eigenvalue weighted by Crippen LogP contribution is 2.24. The van der Waals surface area contributed by atoms with Crippen molar-refractivity contribution in [3.8, 4) is 0 Å². The lowest BCUT2D eigenvalue weighted by Crippen LogP contribution is -2.20. The summed E-state index contributed by atoms with van der Waals surface area (Å²) in [6, 6.07) is 20.1. The van der Waals surface area contributed by atoms with Crippen LogP contribution in [0.25, 0.3) is 16.4 Å². The summed E-state index contributed by atoms with van der Waals surface area (Å²) in [4.78, 5) is 37.8. The van der Waals surface area contributed by atoms with Gasteiger partial charge in [-0.2, -0.15) is 5.10 Å². The van der Waals surface area contributed by atoms with E-state index in [9.17, 15) is 9.59 Å². The molecule has 0 aliphatic rings. The van der Waals surface area contributed by atoms with Crippen LogP contribution >= 0.6 is 0 Å². The van der Waals surface area contributed by atoms with Crippen LogP contribution in [0.1, 0.15) is 54.2 Å². The molecular weight excluding hydrogens is 438 g/mol. The number of carbonyl (C=O) groups is 1. The highest BCUT2D eigenvalue weighted by atomic mass is 16.1. The SMILES string of the molecule is CC(=O)C(CCCc1ccccc1)c1nc(C)c2c(=O)[nH]c(Cc3cccc4cccnc34)nn12. The smallest absolute Gasteiger partial charge is 0.277 e. The van der Waals surface area contributed by atoms with E-state index < -0.39 is 5.92 Å². The molecule has 1 unspecified atom stereocenters. The predicted octanol–water partition coefficient (Wildman–Crippen LogP) is 4.56. The van der Waals surface area contributed by atoms with Crippen molar-refractivity contribution in [3.63, 3.8) is 0 Å². The second kappa shape index (κ2) is 9.62. The van der Waals surface area contributed by atoms with Gasteiger partial charge in [0, 0.05) is 18.0 Å². The van der Waals surface area contributed by atoms with Crippen molar-refractivity contribution in [1.29, 1.82) is 0 Å². The number of rotatable bonds is 8. The Morgan fingerprint density at radius 3 is 2.66 bits per heavy atom. The van der Waals surface area contributed by atoms with Crippen LogP contribution in [-0.2, 0) is 17.6 Å². The lowest BCUT2D eigenvalue weighted by atomic mass is 9.95. The molecule has 176 valence electrons. The van der Waals surface area contributed by atoms with Gasteiger partial charge in [-0.25, -0.2) is 9.50 Å². The summed E-state index contributed by atoms with van der Waals surface area (Å²) in [7, 11) is 0. The number of Topliss-reactive ketones (excluding diaryl/α,β-unsaturated/α-hetero) is 1. The topological polar surface area (TPSA) is 93.0 Å². The molecule has 7 nitrogen and oxygen atoms in total. The van der Waals surface area contributed by atoms with Crippen LogP contribution in [0.2, 0.25) is 0 Å². The van der Waals surface area contributed by atoms with Gasteiger partial charge < -0.3 is 4.98 Å². The molecule has 7 heteroatoms. The maximum atomic E-state index is 13.0. The summed E-state index contributed by atoms with van der Waals surface area (Å²) >= 11 is 0. The summed E-state index contributed by atoms with van der Waals surface area (Å²) in [5, 5.41) is 5.78. The quantitative estimate of drug-likeness (QED) is 0.363. The Balaban J connectivity index is 1.49. The van der Waals surface area contributed by atoms with Crippen molar-refractivity contribution in [2.45, 2.75) is 45.4 Å². The van der Waals surface area contributed by atoms with Crippen LogP contribution in [0.15, 0.2) is 71.7 Å². The zero-order valence-corrected chi connectivity index (χ0v) is 19.9. The Morgan fingerprint density at radius 1 is 1.06 bits per heavy atom. The van der Waals surface area contributed by atoms with Gasteiger partial charge >= 0.3 is 0 Å². The molecule has 35 heavy (non-hydrogen) atoms. The Hall–Kier alpha value is -4.13. The molecule has 0 aliphatic carbocycles. The minimum absolute atomic E-state index is 0.0202. The van der Waals surface area contributed by atoms with Crippen LogP contribution in [0, 0.1) is 6.92 Å². The molecule has 5 aromatic rings. The first-order valence-corrected chi connectivity index (χ1v) is 11.9. The number of aromatic amines is 1. The van der Waals surface area contributed by atoms with E-state index >= 15 is 0 Å². The van der Waals surface area contributed by atoms with E-state index in [0.717, 1.165) is 29.3 Å². The molecule has 5 rings (SSSR count). The van der Waals surface area contributed by atoms with Crippen molar-refractivity contribution in [1.82, 2.24) is 24.6 Å². The molecule has 0 saturated heterocycles. The number of pyridine rings is 1. The minimum atomic E-state index is -0.429. The number of aromatic nitrogens is 5. The fourth-order valence-electron chi connectivity index (χ4n) is 4.70. The highest BCUT2D eigenvalue weighted by Gasteiger charge is 2.25. The number of carbonyl (C=O) groups excluding carboxylic acids is 1. The second-order valence-corrected chi connectivity index (χ2v) is 8.93. The number of H-pyrrole nitrogens is 1. The van der Waals surface area contributed by atoms with E-state index in [1.54, 1.807) is 24.6 Å². The third kappa shape index (κ3) is 4.62. The molecule has 3 aromatic heterocycles. The maximum absolute atomic E-state index is 13.0. The van der Waals surface area contributed by atoms with Gasteiger partial charge in [0.15, 0.2) is 5.52 Å². The van der Waals surface area contributed by atoms with E-state index in [-0.39, 0.29) is 11.3 Å². The number of para-hydroxylation sites is 1. The highest BCUT2D eigenvalue weighted by molar-refractivity contribution is 5.83. The van der Waals surface area contributed by atoms with E-state index in [1.807, 2.05) is 48.5 Å². The normalized spacial score (nSPS) is 12.3. The summed E-state index contributed by atoms with van der Waals surface area (Å²) in [6.07, 6.45) is 4.52. The first kappa shape index (κ1) is 22.7. The fourth-order valence-corrected chi connectivity index (χ4v) is 4.70. The lowest BCUT2D eigenvalue weighted by molar-refractivity contribution is -0.118. The van der Waals surface area contributed by atoms with Gasteiger partial charge in [-0.1, -0.05) is 54.6 Å². The monoisotopic (exact) mass is 465 g/mol. The van der Waals surface area contributed by atoms with Gasteiger partial charge in [-0.05, 0) is 50.3 Å². The maximum Gasteiger partial charge on any atom is 0.277 e. The van der Waals surface area contributed by atoms with Crippen molar-refractivity contribution in [2.24, 2.45) is 0 Å². The van der Waals surface area contributed by atoms with E-state index in [0.29, 0.717) is 35.7 Å². The lowest BCUT2D eigenvalue weighted by Gasteiger charge is -2.13. The Labute approximate surface area is 202 Å². The van der Waals surface area contributed by atoms with E-state index in [1.165, 1.54) is 5.56 Å². The third-order valence-electron chi connectivity index (χ3n) is 6.43. The van der Waals surface area contributed by atoms with Gasteiger partial charge in [0.2, 0.25) is 0 Å². The summed E-state index contributed by atoms with van der Waals surface area (Å²) in [6.45, 7) is 3.37. The minimum Gasteiger partial charge on any atom is -0.307 e. The van der Waals surface area contributed by atoms with Crippen molar-refractivity contribution in [3.05, 3.63) is 106 Å². The van der Waals surface area contributed by atoms with Gasteiger partial charge in [0.25, 0.3) is 5.56 Å². The van der Waals surface area contributed by atoms with Gasteiger partial charge in [-0.3, -0.25) is 14.6 Å². The number of aryl methyl sites for hydroxylation is 2. The fraction of sp³-hybridized carbons (Fsp3) is 0.250. The van der Waals surface area contributed by atoms with Crippen molar-refractivity contribution >= 4 is 22.2 Å². The molecule has 0 spiro atoms. The predicted molar refractivity (Wildman–Crippen MR) is 136 cm³/mol. The zero-order chi connectivity index (χ0) is 24.4. The van der Waals surface area contributed by atoms with E-state index in [2.05, 4.69) is 27.1 Å². The number of hydrogen-bond donors (Lipinski definition) is 1. The molecule has 0 amide bonds. The Morgan fingerprint density at radius 2 is 1.86 bits per heavy atom. The van der Waals surface area contributed by atoms with Crippen LogP contribution in [-0.4, -0.2) is 30.3 Å². The molecule has 1 atom stereocenters. The molecular formula is C28H27N5O2. The van der Waals surface area contributed by atoms with Crippen LogP contribution in [0.5, 0.6) is 0 Å². The molecule has 0 saturated carbocycles. The second-order valence-electron chi connectivity index (χ2n) is 8.93. The van der Waals surface area contributed by atoms with Crippen molar-refractivity contribution in [2.75, 3.05) is 0 Å². The van der Waals surface area contributed by atoms with Crippen LogP contribution < -0.4 is 5.56 Å². The average Bonchev–Trinajstić information content (AvgIpc) is 3.18. The van der Waals surface area contributed by atoms with Crippen LogP contribution in [0.3, 0.4) is 0 Å². The summed E-state index contributed by atoms with van der Waals surface area (Å²) < 4.78 is 1.58. The summed E-state index contributed by atoms with van der Waals surface area (Å²) in [5.74, 6) is 0.625. The number of fused-ring (bicyclic) bond motifs is 2. The standard InChI is InChI=1S/C28H27N5O2/c1-18-26-28(35)31-24(17-22-13-7-12-21-14-8-16-29-25(21)22)32-33(26)27(30-18)23(19(2)34)15-6-11-20-9-4-3-5-10-20/h3-5,7-10,12-14,16,23H,6,11,15,17H2,1-2H3,(H,31,32,35). The first-order valence-electron chi connectivity index (χ1n) is 11.9. The van der Waals surface area contributed by atoms with Gasteiger partial charge in [0.1, 0.15) is 17.4 Å². The third-order valence-corrected chi connectivity index (χ3v) is 6.43. The molecule has 3 heterocycles. The Kier molecular flexibility index (Phi) is 6.23. The molecule has 1 N–H and O–H groups in total. The average molecular weight is 466 g/mol. The first-order chi connectivity index (χ1) is 17.0. The molecule has 0 radical (unpaired) electrons. The van der Waals surface area contributed by atoms with Gasteiger partial charge in [-0.15, -0.1) is 0 Å². The number of nitrogens with one attached hydrogen (secondary N) is 1. The summed E-state index contributed by atoms with van der Waals surface area (Å²) in [5.41, 5.74) is 3.78.